The number of carboxylic acid groups (broad SMARTS) is 1. The van der Waals surface area contributed by atoms with Crippen LogP contribution in [0.4, 0.5) is 11.4 Å². The lowest BCUT2D eigenvalue weighted by molar-refractivity contribution is 0.0692. The van der Waals surface area contributed by atoms with Crippen LogP contribution in [-0.2, 0) is 0 Å². The number of carbonyl (C=O) groups is 2. The number of carbonyl (C=O) groups excluding carboxylic acids is 1. The number of amides is 1. The SMILES string of the molecule is NC(=O)c1ccccc1C(=O)O.Nc1ccccc1N. The summed E-state index contributed by atoms with van der Waals surface area (Å²) in [6.45, 7) is 0. The van der Waals surface area contributed by atoms with Crippen molar-refractivity contribution >= 4 is 23.3 Å². The van der Waals surface area contributed by atoms with E-state index in [1.807, 2.05) is 12.1 Å². The molecule has 0 saturated carbocycles. The highest BCUT2D eigenvalue weighted by Crippen LogP contribution is 2.10. The molecule has 104 valence electrons. The summed E-state index contributed by atoms with van der Waals surface area (Å²) in [6, 6.07) is 13.1. The number of anilines is 2. The normalized spacial score (nSPS) is 9.20. The molecule has 6 nitrogen and oxygen atoms in total. The van der Waals surface area contributed by atoms with Crippen molar-refractivity contribution in [3.63, 3.8) is 0 Å². The van der Waals surface area contributed by atoms with Crippen molar-refractivity contribution in [3.05, 3.63) is 59.7 Å². The van der Waals surface area contributed by atoms with Crippen molar-refractivity contribution in [3.8, 4) is 0 Å². The van der Waals surface area contributed by atoms with Gasteiger partial charge in [0.2, 0.25) is 5.91 Å². The highest BCUT2D eigenvalue weighted by molar-refractivity contribution is 6.03. The number of benzene rings is 2. The lowest BCUT2D eigenvalue weighted by atomic mass is 10.1. The molecule has 0 fully saturated rings. The molecule has 7 N–H and O–H groups in total. The Kier molecular flexibility index (Phi) is 5.11. The Hall–Kier alpha value is -3.02. The summed E-state index contributed by atoms with van der Waals surface area (Å²) in [5.41, 5.74) is 17.0. The molecule has 0 saturated heterocycles. The molecule has 0 aliphatic carbocycles. The standard InChI is InChI=1S/C8H7NO3.C6H8N2/c9-7(10)5-3-1-2-4-6(5)8(11)12;7-5-3-1-2-4-6(5)8/h1-4H,(H2,9,10)(H,11,12);1-4H,7-8H2. The van der Waals surface area contributed by atoms with E-state index in [1.165, 1.54) is 18.2 Å². The van der Waals surface area contributed by atoms with Crippen LogP contribution in [0.3, 0.4) is 0 Å². The average Bonchev–Trinajstić information content (AvgIpc) is 2.43. The smallest absolute Gasteiger partial charge is 0.336 e. The number of carboxylic acids is 1. The maximum Gasteiger partial charge on any atom is 0.336 e. The first-order chi connectivity index (χ1) is 9.43. The molecule has 0 bridgehead atoms. The number of hydrogen-bond acceptors (Lipinski definition) is 4. The van der Waals surface area contributed by atoms with Crippen molar-refractivity contribution in [2.75, 3.05) is 11.5 Å². The zero-order valence-corrected chi connectivity index (χ0v) is 10.6. The fourth-order valence-corrected chi connectivity index (χ4v) is 1.40. The third kappa shape index (κ3) is 4.02. The first-order valence-corrected chi connectivity index (χ1v) is 5.65. The van der Waals surface area contributed by atoms with Gasteiger partial charge in [-0.05, 0) is 24.3 Å². The van der Waals surface area contributed by atoms with Gasteiger partial charge in [0.05, 0.1) is 22.5 Å². The summed E-state index contributed by atoms with van der Waals surface area (Å²) >= 11 is 0. The zero-order chi connectivity index (χ0) is 15.1. The second kappa shape index (κ2) is 6.79. The molecule has 2 rings (SSSR count). The Morgan fingerprint density at radius 1 is 0.800 bits per heavy atom. The third-order valence-corrected chi connectivity index (χ3v) is 2.42. The molecule has 20 heavy (non-hydrogen) atoms. The summed E-state index contributed by atoms with van der Waals surface area (Å²) in [5, 5.41) is 8.61. The highest BCUT2D eigenvalue weighted by Gasteiger charge is 2.11. The number of nitrogen functional groups attached to an aromatic ring is 2. The number of hydrogen-bond donors (Lipinski definition) is 4. The lowest BCUT2D eigenvalue weighted by Gasteiger charge is -1.99. The van der Waals surface area contributed by atoms with Crippen molar-refractivity contribution in [1.82, 2.24) is 0 Å². The fraction of sp³-hybridized carbons (Fsp3) is 0. The first kappa shape index (κ1) is 15.0. The molecule has 0 aliphatic heterocycles. The number of para-hydroxylation sites is 2. The van der Waals surface area contributed by atoms with E-state index in [-0.39, 0.29) is 11.1 Å². The van der Waals surface area contributed by atoms with Crippen LogP contribution in [-0.4, -0.2) is 17.0 Å². The molecule has 0 unspecified atom stereocenters. The number of primary amides is 1. The van der Waals surface area contributed by atoms with E-state index in [1.54, 1.807) is 18.2 Å². The Morgan fingerprint density at radius 2 is 1.20 bits per heavy atom. The van der Waals surface area contributed by atoms with E-state index in [9.17, 15) is 9.59 Å². The second-order valence-electron chi connectivity index (χ2n) is 3.84. The minimum absolute atomic E-state index is 0.0324. The predicted molar refractivity (Wildman–Crippen MR) is 77.2 cm³/mol. The molecule has 0 radical (unpaired) electrons. The van der Waals surface area contributed by atoms with E-state index < -0.39 is 11.9 Å². The highest BCUT2D eigenvalue weighted by atomic mass is 16.4. The van der Waals surface area contributed by atoms with Gasteiger partial charge in [-0.1, -0.05) is 24.3 Å². The predicted octanol–water partition coefficient (Wildman–Crippen LogP) is 1.33. The summed E-state index contributed by atoms with van der Waals surface area (Å²) in [7, 11) is 0. The minimum Gasteiger partial charge on any atom is -0.478 e. The topological polar surface area (TPSA) is 132 Å². The van der Waals surface area contributed by atoms with Gasteiger partial charge in [0.25, 0.3) is 0 Å². The number of nitrogens with two attached hydrogens (primary N) is 3. The monoisotopic (exact) mass is 273 g/mol. The second-order valence-corrected chi connectivity index (χ2v) is 3.84. The summed E-state index contributed by atoms with van der Waals surface area (Å²) < 4.78 is 0. The van der Waals surface area contributed by atoms with Gasteiger partial charge < -0.3 is 22.3 Å². The molecule has 2 aromatic carbocycles. The molecular weight excluding hydrogens is 258 g/mol. The molecule has 0 spiro atoms. The number of aromatic carboxylic acids is 1. The van der Waals surface area contributed by atoms with Crippen LogP contribution in [0.5, 0.6) is 0 Å². The van der Waals surface area contributed by atoms with Crippen molar-refractivity contribution < 1.29 is 14.7 Å². The molecule has 0 heterocycles. The van der Waals surface area contributed by atoms with Gasteiger partial charge in [0, 0.05) is 0 Å². The Morgan fingerprint density at radius 3 is 1.50 bits per heavy atom. The van der Waals surface area contributed by atoms with Crippen LogP contribution in [0.1, 0.15) is 20.7 Å². The van der Waals surface area contributed by atoms with E-state index in [2.05, 4.69) is 0 Å². The summed E-state index contributed by atoms with van der Waals surface area (Å²) in [5.74, 6) is -1.88. The summed E-state index contributed by atoms with van der Waals surface area (Å²) in [6.07, 6.45) is 0. The largest absolute Gasteiger partial charge is 0.478 e. The Balaban J connectivity index is 0.000000217. The van der Waals surface area contributed by atoms with Crippen LogP contribution >= 0.6 is 0 Å². The van der Waals surface area contributed by atoms with Crippen LogP contribution in [0.2, 0.25) is 0 Å². The molecule has 0 atom stereocenters. The zero-order valence-electron chi connectivity index (χ0n) is 10.6. The molecular formula is C14H15N3O3. The van der Waals surface area contributed by atoms with Gasteiger partial charge in [-0.15, -0.1) is 0 Å². The van der Waals surface area contributed by atoms with Gasteiger partial charge in [-0.2, -0.15) is 0 Å². The van der Waals surface area contributed by atoms with E-state index >= 15 is 0 Å². The van der Waals surface area contributed by atoms with Gasteiger partial charge in [-0.3, -0.25) is 4.79 Å². The van der Waals surface area contributed by atoms with Crippen LogP contribution < -0.4 is 17.2 Å². The van der Waals surface area contributed by atoms with Gasteiger partial charge in [0.15, 0.2) is 0 Å². The van der Waals surface area contributed by atoms with Gasteiger partial charge >= 0.3 is 5.97 Å². The van der Waals surface area contributed by atoms with Crippen LogP contribution in [0.15, 0.2) is 48.5 Å². The molecule has 1 amide bonds. The van der Waals surface area contributed by atoms with Gasteiger partial charge in [-0.25, -0.2) is 4.79 Å². The first-order valence-electron chi connectivity index (χ1n) is 5.65. The summed E-state index contributed by atoms with van der Waals surface area (Å²) in [4.78, 5) is 21.2. The van der Waals surface area contributed by atoms with Crippen molar-refractivity contribution in [2.24, 2.45) is 5.73 Å². The Bertz CT molecular complexity index is 573. The quantitative estimate of drug-likeness (QED) is 0.613. The fourth-order valence-electron chi connectivity index (χ4n) is 1.40. The van der Waals surface area contributed by atoms with E-state index in [0.717, 1.165) is 0 Å². The van der Waals surface area contributed by atoms with Crippen LogP contribution in [0.25, 0.3) is 0 Å². The number of rotatable bonds is 2. The maximum atomic E-state index is 10.7. The minimum atomic E-state index is -1.15. The lowest BCUT2D eigenvalue weighted by Crippen LogP contribution is -2.15. The van der Waals surface area contributed by atoms with Crippen molar-refractivity contribution in [1.29, 1.82) is 0 Å². The Labute approximate surface area is 115 Å². The van der Waals surface area contributed by atoms with E-state index in [4.69, 9.17) is 22.3 Å². The third-order valence-electron chi connectivity index (χ3n) is 2.42. The van der Waals surface area contributed by atoms with Gasteiger partial charge in [0.1, 0.15) is 0 Å². The van der Waals surface area contributed by atoms with E-state index in [0.29, 0.717) is 11.4 Å². The molecule has 6 heteroatoms. The molecule has 0 aliphatic rings. The molecule has 2 aromatic rings. The average molecular weight is 273 g/mol. The molecule has 0 aromatic heterocycles. The van der Waals surface area contributed by atoms with Crippen LogP contribution in [0, 0.1) is 0 Å². The van der Waals surface area contributed by atoms with Crippen molar-refractivity contribution in [2.45, 2.75) is 0 Å². The maximum absolute atomic E-state index is 10.7.